The number of anilines is 2. The molecule has 3 rings (SSSR count). The first kappa shape index (κ1) is 13.2. The third-order valence-electron chi connectivity index (χ3n) is 3.41. The van der Waals surface area contributed by atoms with E-state index in [2.05, 4.69) is 31.3 Å². The maximum Gasteiger partial charge on any atom is 0.270 e. The molecule has 1 saturated carbocycles. The average molecular weight is 286 g/mol. The fourth-order valence-electron chi connectivity index (χ4n) is 2.05. The molecule has 0 spiro atoms. The lowest BCUT2D eigenvalue weighted by atomic mass is 10.2. The number of hydrogen-bond donors (Lipinski definition) is 3. The summed E-state index contributed by atoms with van der Waals surface area (Å²) in [7, 11) is 0. The van der Waals surface area contributed by atoms with Crippen molar-refractivity contribution in [3.05, 3.63) is 29.8 Å². The van der Waals surface area contributed by atoms with Crippen LogP contribution >= 0.6 is 0 Å². The molecule has 1 heterocycles. The topological polar surface area (TPSA) is 113 Å². The smallest absolute Gasteiger partial charge is 0.270 e. The summed E-state index contributed by atoms with van der Waals surface area (Å²) in [5.41, 5.74) is 1.00. The lowest BCUT2D eigenvalue weighted by molar-refractivity contribution is -0.117. The first-order chi connectivity index (χ1) is 10.1. The van der Waals surface area contributed by atoms with Crippen molar-refractivity contribution in [2.24, 2.45) is 11.8 Å². The Kier molecular flexibility index (Phi) is 3.35. The highest BCUT2D eigenvalue weighted by molar-refractivity contribution is 6.04. The molecule has 21 heavy (non-hydrogen) atoms. The van der Waals surface area contributed by atoms with Crippen molar-refractivity contribution in [3.63, 3.8) is 0 Å². The zero-order valence-corrected chi connectivity index (χ0v) is 11.3. The fourth-order valence-corrected chi connectivity index (χ4v) is 2.05. The van der Waals surface area contributed by atoms with Crippen LogP contribution in [0.2, 0.25) is 0 Å². The monoisotopic (exact) mass is 286 g/mol. The lowest BCUT2D eigenvalue weighted by Crippen LogP contribution is -2.16. The van der Waals surface area contributed by atoms with Gasteiger partial charge in [0.05, 0.1) is 0 Å². The average Bonchev–Trinajstić information content (AvgIpc) is 2.98. The number of carbonyl (C=O) groups is 2. The molecule has 2 amide bonds. The van der Waals surface area contributed by atoms with E-state index in [0.717, 1.165) is 6.42 Å². The van der Waals surface area contributed by atoms with Crippen LogP contribution in [0.25, 0.3) is 0 Å². The standard InChI is InChI=1S/C13H14N6O2/c1-7-5-10(7)12(21)14-9-4-2-3-8(6-9)11(20)15-13-16-18-19-17-13/h2-4,6-7,10H,5H2,1H3,(H,14,21)(H2,15,16,17,18,19,20). The quantitative estimate of drug-likeness (QED) is 0.777. The molecule has 0 saturated heterocycles. The second-order valence-electron chi connectivity index (χ2n) is 5.08. The third kappa shape index (κ3) is 3.04. The van der Waals surface area contributed by atoms with Gasteiger partial charge in [0.2, 0.25) is 5.91 Å². The van der Waals surface area contributed by atoms with Gasteiger partial charge in [0.1, 0.15) is 0 Å². The van der Waals surface area contributed by atoms with Gasteiger partial charge in [0.25, 0.3) is 11.9 Å². The molecular weight excluding hydrogens is 272 g/mol. The maximum absolute atomic E-state index is 12.0. The SMILES string of the molecule is CC1CC1C(=O)Nc1cccc(C(=O)Nc2nn[nH]n2)c1. The minimum absolute atomic E-state index is 0.00164. The van der Waals surface area contributed by atoms with E-state index in [4.69, 9.17) is 0 Å². The molecule has 2 atom stereocenters. The van der Waals surface area contributed by atoms with Gasteiger partial charge in [-0.25, -0.2) is 0 Å². The van der Waals surface area contributed by atoms with Gasteiger partial charge in [-0.05, 0) is 35.8 Å². The second-order valence-corrected chi connectivity index (χ2v) is 5.08. The van der Waals surface area contributed by atoms with E-state index in [1.165, 1.54) is 0 Å². The van der Waals surface area contributed by atoms with Crippen molar-refractivity contribution < 1.29 is 9.59 Å². The largest absolute Gasteiger partial charge is 0.326 e. The second kappa shape index (κ2) is 5.31. The number of nitrogens with zero attached hydrogens (tertiary/aromatic N) is 3. The number of nitrogens with one attached hydrogen (secondary N) is 3. The molecule has 1 aromatic heterocycles. The van der Waals surface area contributed by atoms with Crippen molar-refractivity contribution >= 4 is 23.5 Å². The van der Waals surface area contributed by atoms with E-state index >= 15 is 0 Å². The Morgan fingerprint density at radius 1 is 1.33 bits per heavy atom. The minimum Gasteiger partial charge on any atom is -0.326 e. The maximum atomic E-state index is 12.0. The Hall–Kier alpha value is -2.77. The Balaban J connectivity index is 1.67. The molecule has 0 radical (unpaired) electrons. The van der Waals surface area contributed by atoms with Crippen LogP contribution in [0.3, 0.4) is 0 Å². The molecule has 0 bridgehead atoms. The summed E-state index contributed by atoms with van der Waals surface area (Å²) in [4.78, 5) is 23.9. The number of tetrazole rings is 1. The molecule has 2 aromatic rings. The molecule has 0 aliphatic heterocycles. The zero-order valence-electron chi connectivity index (χ0n) is 11.3. The van der Waals surface area contributed by atoms with Crippen molar-refractivity contribution in [3.8, 4) is 0 Å². The number of benzene rings is 1. The van der Waals surface area contributed by atoms with Crippen LogP contribution in [0.5, 0.6) is 0 Å². The van der Waals surface area contributed by atoms with E-state index in [9.17, 15) is 9.59 Å². The first-order valence-corrected chi connectivity index (χ1v) is 6.59. The Morgan fingerprint density at radius 2 is 2.14 bits per heavy atom. The molecule has 1 aliphatic rings. The molecule has 1 aliphatic carbocycles. The Labute approximate surface area is 120 Å². The van der Waals surface area contributed by atoms with Gasteiger partial charge in [-0.2, -0.15) is 5.21 Å². The molecule has 8 nitrogen and oxygen atoms in total. The summed E-state index contributed by atoms with van der Waals surface area (Å²) in [6.45, 7) is 2.04. The van der Waals surface area contributed by atoms with Crippen molar-refractivity contribution in [1.29, 1.82) is 0 Å². The van der Waals surface area contributed by atoms with Crippen LogP contribution in [-0.4, -0.2) is 32.4 Å². The van der Waals surface area contributed by atoms with Gasteiger partial charge >= 0.3 is 0 Å². The van der Waals surface area contributed by atoms with Crippen LogP contribution < -0.4 is 10.6 Å². The van der Waals surface area contributed by atoms with E-state index in [1.54, 1.807) is 24.3 Å². The third-order valence-corrected chi connectivity index (χ3v) is 3.41. The summed E-state index contributed by atoms with van der Waals surface area (Å²) in [6, 6.07) is 6.71. The highest BCUT2D eigenvalue weighted by Crippen LogP contribution is 2.38. The number of aromatic amines is 1. The fraction of sp³-hybridized carbons (Fsp3) is 0.308. The molecule has 1 fully saturated rings. The number of amides is 2. The summed E-state index contributed by atoms with van der Waals surface area (Å²) in [5.74, 6) is 0.253. The summed E-state index contributed by atoms with van der Waals surface area (Å²) >= 11 is 0. The summed E-state index contributed by atoms with van der Waals surface area (Å²) in [5, 5.41) is 18.2. The molecule has 1 aromatic carbocycles. The van der Waals surface area contributed by atoms with Gasteiger partial charge in [-0.1, -0.05) is 18.1 Å². The van der Waals surface area contributed by atoms with Crippen LogP contribution in [0.15, 0.2) is 24.3 Å². The Morgan fingerprint density at radius 3 is 2.81 bits per heavy atom. The molecular formula is C13H14N6O2. The number of hydrogen-bond acceptors (Lipinski definition) is 5. The highest BCUT2D eigenvalue weighted by atomic mass is 16.2. The molecule has 108 valence electrons. The molecule has 2 unspecified atom stereocenters. The van der Waals surface area contributed by atoms with E-state index in [-0.39, 0.29) is 23.7 Å². The lowest BCUT2D eigenvalue weighted by Gasteiger charge is -2.06. The van der Waals surface area contributed by atoms with Crippen LogP contribution in [0.4, 0.5) is 11.6 Å². The van der Waals surface area contributed by atoms with E-state index in [0.29, 0.717) is 17.2 Å². The number of rotatable bonds is 4. The normalized spacial score (nSPS) is 19.9. The van der Waals surface area contributed by atoms with Gasteiger partial charge in [-0.3, -0.25) is 14.9 Å². The van der Waals surface area contributed by atoms with E-state index in [1.807, 2.05) is 6.92 Å². The zero-order chi connectivity index (χ0) is 14.8. The van der Waals surface area contributed by atoms with Gasteiger partial charge < -0.3 is 5.32 Å². The van der Waals surface area contributed by atoms with Crippen molar-refractivity contribution in [2.45, 2.75) is 13.3 Å². The first-order valence-electron chi connectivity index (χ1n) is 6.59. The Bertz CT molecular complexity index is 669. The summed E-state index contributed by atoms with van der Waals surface area (Å²) in [6.07, 6.45) is 0.920. The van der Waals surface area contributed by atoms with E-state index < -0.39 is 0 Å². The minimum atomic E-state index is -0.368. The van der Waals surface area contributed by atoms with Crippen LogP contribution in [0.1, 0.15) is 23.7 Å². The molecule has 8 heteroatoms. The van der Waals surface area contributed by atoms with Gasteiger partial charge in [0.15, 0.2) is 0 Å². The van der Waals surface area contributed by atoms with Crippen molar-refractivity contribution in [1.82, 2.24) is 20.6 Å². The van der Waals surface area contributed by atoms with Crippen LogP contribution in [0, 0.1) is 11.8 Å². The summed E-state index contributed by atoms with van der Waals surface area (Å²) < 4.78 is 0. The highest BCUT2D eigenvalue weighted by Gasteiger charge is 2.39. The predicted octanol–water partition coefficient (Wildman–Crippen LogP) is 1.05. The predicted molar refractivity (Wildman–Crippen MR) is 74.5 cm³/mol. The van der Waals surface area contributed by atoms with Crippen molar-refractivity contribution in [2.75, 3.05) is 10.6 Å². The van der Waals surface area contributed by atoms with Gasteiger partial charge in [0, 0.05) is 17.2 Å². The van der Waals surface area contributed by atoms with Gasteiger partial charge in [-0.15, -0.1) is 5.10 Å². The number of aromatic nitrogens is 4. The molecule has 3 N–H and O–H groups in total. The number of H-pyrrole nitrogens is 1. The number of carbonyl (C=O) groups excluding carboxylic acids is 2. The van der Waals surface area contributed by atoms with Crippen LogP contribution in [-0.2, 0) is 4.79 Å².